The highest BCUT2D eigenvalue weighted by molar-refractivity contribution is 6.30. The molecule has 0 radical (unpaired) electrons. The second-order valence-corrected chi connectivity index (χ2v) is 7.31. The van der Waals surface area contributed by atoms with Crippen LogP contribution < -0.4 is 9.47 Å². The van der Waals surface area contributed by atoms with Crippen molar-refractivity contribution in [2.24, 2.45) is 5.41 Å². The largest absolute Gasteiger partial charge is 0.493 e. The summed E-state index contributed by atoms with van der Waals surface area (Å²) >= 11 is 5.94. The standard InChI is InChI=1S/C22H33ClO5/c1-5-8-9-10-11-12-15-27-20(24)22(6-2,7-3)21(25)28-18-14-13-17(23)16-19(18)26-4/h13-14,16H,5-12,15H2,1-4H3. The molecule has 0 bridgehead atoms. The van der Waals surface area contributed by atoms with Gasteiger partial charge in [0.25, 0.3) is 0 Å². The Hall–Kier alpha value is -1.75. The molecule has 0 amide bonds. The summed E-state index contributed by atoms with van der Waals surface area (Å²) < 4.78 is 16.2. The number of halogens is 1. The molecular formula is C22H33ClO5. The lowest BCUT2D eigenvalue weighted by atomic mass is 9.82. The van der Waals surface area contributed by atoms with Crippen molar-refractivity contribution in [3.63, 3.8) is 0 Å². The molecule has 1 aromatic rings. The summed E-state index contributed by atoms with van der Waals surface area (Å²) in [6.45, 7) is 6.07. The highest BCUT2D eigenvalue weighted by Crippen LogP contribution is 2.35. The second kappa shape index (κ2) is 12.7. The van der Waals surface area contributed by atoms with Crippen molar-refractivity contribution in [1.82, 2.24) is 0 Å². The van der Waals surface area contributed by atoms with Crippen LogP contribution in [0, 0.1) is 5.41 Å². The summed E-state index contributed by atoms with van der Waals surface area (Å²) in [4.78, 5) is 25.6. The summed E-state index contributed by atoms with van der Waals surface area (Å²) in [5, 5.41) is 0.465. The lowest BCUT2D eigenvalue weighted by Gasteiger charge is -2.27. The Morgan fingerprint density at radius 3 is 2.18 bits per heavy atom. The smallest absolute Gasteiger partial charge is 0.328 e. The van der Waals surface area contributed by atoms with E-state index in [1.807, 2.05) is 0 Å². The quantitative estimate of drug-likeness (QED) is 0.173. The monoisotopic (exact) mass is 412 g/mol. The first kappa shape index (κ1) is 24.3. The fourth-order valence-corrected chi connectivity index (χ4v) is 3.18. The lowest BCUT2D eigenvalue weighted by molar-refractivity contribution is -0.168. The minimum atomic E-state index is -1.33. The van der Waals surface area contributed by atoms with Crippen molar-refractivity contribution in [1.29, 1.82) is 0 Å². The predicted molar refractivity (Wildman–Crippen MR) is 111 cm³/mol. The highest BCUT2D eigenvalue weighted by atomic mass is 35.5. The number of unbranched alkanes of at least 4 members (excludes halogenated alkanes) is 5. The molecule has 1 rings (SSSR count). The molecule has 158 valence electrons. The zero-order valence-electron chi connectivity index (χ0n) is 17.5. The summed E-state index contributed by atoms with van der Waals surface area (Å²) in [5.74, 6) is -0.593. The molecule has 28 heavy (non-hydrogen) atoms. The van der Waals surface area contributed by atoms with Gasteiger partial charge in [0.2, 0.25) is 0 Å². The zero-order valence-corrected chi connectivity index (χ0v) is 18.3. The molecule has 0 aliphatic rings. The Labute approximate surface area is 173 Å². The van der Waals surface area contributed by atoms with Crippen LogP contribution in [0.4, 0.5) is 0 Å². The van der Waals surface area contributed by atoms with Gasteiger partial charge in [0.1, 0.15) is 0 Å². The second-order valence-electron chi connectivity index (χ2n) is 6.88. The maximum atomic E-state index is 12.9. The van der Waals surface area contributed by atoms with E-state index in [4.69, 9.17) is 25.8 Å². The lowest BCUT2D eigenvalue weighted by Crippen LogP contribution is -2.42. The Morgan fingerprint density at radius 1 is 0.929 bits per heavy atom. The summed E-state index contributed by atoms with van der Waals surface area (Å²) in [5.41, 5.74) is -1.33. The molecule has 0 saturated carbocycles. The Bertz CT molecular complexity index is 625. The van der Waals surface area contributed by atoms with Gasteiger partial charge < -0.3 is 14.2 Å². The van der Waals surface area contributed by atoms with Gasteiger partial charge in [0.15, 0.2) is 16.9 Å². The maximum absolute atomic E-state index is 12.9. The summed E-state index contributed by atoms with van der Waals surface area (Å²) in [6, 6.07) is 4.71. The number of carbonyl (C=O) groups is 2. The van der Waals surface area contributed by atoms with E-state index in [1.165, 1.54) is 26.4 Å². The number of methoxy groups -OCH3 is 1. The number of hydrogen-bond acceptors (Lipinski definition) is 5. The van der Waals surface area contributed by atoms with Crippen LogP contribution in [0.25, 0.3) is 0 Å². The number of ether oxygens (including phenoxy) is 3. The van der Waals surface area contributed by atoms with E-state index in [9.17, 15) is 9.59 Å². The van der Waals surface area contributed by atoms with Gasteiger partial charge in [-0.15, -0.1) is 0 Å². The predicted octanol–water partition coefficient (Wildman–Crippen LogP) is 5.96. The number of rotatable bonds is 13. The van der Waals surface area contributed by atoms with Crippen LogP contribution in [0.1, 0.15) is 72.1 Å². The third-order valence-electron chi connectivity index (χ3n) is 5.05. The Kier molecular flexibility index (Phi) is 11.0. The molecule has 0 unspecified atom stereocenters. The van der Waals surface area contributed by atoms with E-state index in [-0.39, 0.29) is 5.75 Å². The Morgan fingerprint density at radius 2 is 1.57 bits per heavy atom. The molecule has 0 aliphatic carbocycles. The van der Waals surface area contributed by atoms with Crippen molar-refractivity contribution in [3.05, 3.63) is 23.2 Å². The molecular weight excluding hydrogens is 380 g/mol. The highest BCUT2D eigenvalue weighted by Gasteiger charge is 2.46. The number of benzene rings is 1. The number of hydrogen-bond donors (Lipinski definition) is 0. The van der Waals surface area contributed by atoms with Gasteiger partial charge in [-0.1, -0.05) is 64.5 Å². The average Bonchev–Trinajstić information content (AvgIpc) is 2.70. The van der Waals surface area contributed by atoms with Gasteiger partial charge >= 0.3 is 11.9 Å². The van der Waals surface area contributed by atoms with Gasteiger partial charge in [-0.25, -0.2) is 0 Å². The van der Waals surface area contributed by atoms with E-state index in [0.717, 1.165) is 19.3 Å². The van der Waals surface area contributed by atoms with Crippen molar-refractivity contribution >= 4 is 23.5 Å². The van der Waals surface area contributed by atoms with Crippen molar-refractivity contribution in [3.8, 4) is 11.5 Å². The number of carbonyl (C=O) groups excluding carboxylic acids is 2. The van der Waals surface area contributed by atoms with Crippen LogP contribution in [0.15, 0.2) is 18.2 Å². The number of esters is 2. The third kappa shape index (κ3) is 6.69. The van der Waals surface area contributed by atoms with Crippen LogP contribution in [0.2, 0.25) is 5.02 Å². The van der Waals surface area contributed by atoms with Crippen LogP contribution in [-0.4, -0.2) is 25.7 Å². The molecule has 6 heteroatoms. The van der Waals surface area contributed by atoms with E-state index in [2.05, 4.69) is 6.92 Å². The van der Waals surface area contributed by atoms with E-state index < -0.39 is 17.4 Å². The normalized spacial score (nSPS) is 11.2. The summed E-state index contributed by atoms with van der Waals surface area (Å²) in [6.07, 6.45) is 7.19. The topological polar surface area (TPSA) is 61.8 Å². The molecule has 1 aromatic carbocycles. The molecule has 0 saturated heterocycles. The molecule has 0 fully saturated rings. The van der Waals surface area contributed by atoms with Crippen LogP contribution >= 0.6 is 11.6 Å². The third-order valence-corrected chi connectivity index (χ3v) is 5.28. The van der Waals surface area contributed by atoms with Crippen molar-refractivity contribution in [2.75, 3.05) is 13.7 Å². The molecule has 0 aliphatic heterocycles. The fraction of sp³-hybridized carbons (Fsp3) is 0.636. The fourth-order valence-electron chi connectivity index (χ4n) is 3.02. The molecule has 0 N–H and O–H groups in total. The Balaban J connectivity index is 2.72. The first-order chi connectivity index (χ1) is 13.4. The minimum Gasteiger partial charge on any atom is -0.493 e. The van der Waals surface area contributed by atoms with Crippen molar-refractivity contribution < 1.29 is 23.8 Å². The van der Waals surface area contributed by atoms with Crippen LogP contribution in [-0.2, 0) is 14.3 Å². The molecule has 0 heterocycles. The van der Waals surface area contributed by atoms with Gasteiger partial charge in [-0.05, 0) is 31.4 Å². The van der Waals surface area contributed by atoms with E-state index in [1.54, 1.807) is 32.0 Å². The maximum Gasteiger partial charge on any atom is 0.328 e. The average molecular weight is 413 g/mol. The first-order valence-corrected chi connectivity index (χ1v) is 10.6. The summed E-state index contributed by atoms with van der Waals surface area (Å²) in [7, 11) is 1.46. The van der Waals surface area contributed by atoms with Gasteiger partial charge in [-0.3, -0.25) is 9.59 Å². The molecule has 0 aromatic heterocycles. The van der Waals surface area contributed by atoms with Crippen LogP contribution in [0.3, 0.4) is 0 Å². The zero-order chi connectivity index (χ0) is 21.0. The van der Waals surface area contributed by atoms with Gasteiger partial charge in [0, 0.05) is 11.1 Å². The van der Waals surface area contributed by atoms with Crippen molar-refractivity contribution in [2.45, 2.75) is 72.1 Å². The van der Waals surface area contributed by atoms with E-state index in [0.29, 0.717) is 30.2 Å². The van der Waals surface area contributed by atoms with Gasteiger partial charge in [0.05, 0.1) is 13.7 Å². The first-order valence-electron chi connectivity index (χ1n) is 10.2. The van der Waals surface area contributed by atoms with Gasteiger partial charge in [-0.2, -0.15) is 0 Å². The molecule has 0 spiro atoms. The van der Waals surface area contributed by atoms with Crippen LogP contribution in [0.5, 0.6) is 11.5 Å². The SMILES string of the molecule is CCCCCCCCOC(=O)C(CC)(CC)C(=O)Oc1ccc(Cl)cc1OC. The minimum absolute atomic E-state index is 0.229. The molecule has 0 atom stereocenters. The molecule has 5 nitrogen and oxygen atoms in total. The van der Waals surface area contributed by atoms with E-state index >= 15 is 0 Å².